The minimum atomic E-state index is -0.785. The van der Waals surface area contributed by atoms with Crippen LogP contribution < -0.4 is 10.6 Å². The Labute approximate surface area is 153 Å². The molecule has 0 bridgehead atoms. The van der Waals surface area contributed by atoms with E-state index in [2.05, 4.69) is 15.6 Å². The fraction of sp³-hybridized carbons (Fsp3) is 0.294. The van der Waals surface area contributed by atoms with Gasteiger partial charge in [0.15, 0.2) is 12.3 Å². The molecule has 1 heterocycles. The van der Waals surface area contributed by atoms with Crippen molar-refractivity contribution >= 4 is 29.2 Å². The number of nitrogens with zero attached hydrogens (tertiary/aromatic N) is 1. The number of nitrogens with one attached hydrogen (secondary N) is 2. The van der Waals surface area contributed by atoms with Gasteiger partial charge in [-0.05, 0) is 37.6 Å². The molecule has 9 heteroatoms. The third-order valence-electron chi connectivity index (χ3n) is 3.38. The number of carbonyl (C=O) groups is 3. The molecule has 2 N–H and O–H groups in total. The number of hydrogen-bond donors (Lipinski definition) is 2. The van der Waals surface area contributed by atoms with Gasteiger partial charge in [0, 0.05) is 17.0 Å². The van der Waals surface area contributed by atoms with Crippen LogP contribution in [0.25, 0.3) is 10.6 Å². The summed E-state index contributed by atoms with van der Waals surface area (Å²) in [5.74, 6) is -1.89. The Morgan fingerprint density at radius 1 is 1.27 bits per heavy atom. The number of aromatic nitrogens is 1. The van der Waals surface area contributed by atoms with Gasteiger partial charge in [0.25, 0.3) is 5.91 Å². The van der Waals surface area contributed by atoms with Gasteiger partial charge in [0.05, 0.1) is 0 Å². The van der Waals surface area contributed by atoms with Crippen LogP contribution in [0, 0.1) is 5.82 Å². The van der Waals surface area contributed by atoms with Crippen LogP contribution in [0.1, 0.15) is 30.8 Å². The van der Waals surface area contributed by atoms with Crippen LogP contribution in [0.3, 0.4) is 0 Å². The van der Waals surface area contributed by atoms with Gasteiger partial charge in [0.1, 0.15) is 10.8 Å². The molecule has 0 aliphatic heterocycles. The molecule has 0 spiro atoms. The molecular weight excluding hydrogens is 361 g/mol. The lowest BCUT2D eigenvalue weighted by Crippen LogP contribution is -2.44. The molecule has 3 amide bonds. The van der Waals surface area contributed by atoms with E-state index in [0.29, 0.717) is 10.6 Å². The van der Waals surface area contributed by atoms with Crippen molar-refractivity contribution in [1.82, 2.24) is 15.6 Å². The minimum Gasteiger partial charge on any atom is -0.451 e. The van der Waals surface area contributed by atoms with Crippen LogP contribution in [0.2, 0.25) is 0 Å². The summed E-state index contributed by atoms with van der Waals surface area (Å²) in [6.07, 6.45) is 0.719. The summed E-state index contributed by atoms with van der Waals surface area (Å²) in [4.78, 5) is 39.2. The van der Waals surface area contributed by atoms with Gasteiger partial charge in [-0.15, -0.1) is 11.3 Å². The molecule has 0 aliphatic carbocycles. The summed E-state index contributed by atoms with van der Waals surface area (Å²) in [6, 6.07) is 4.96. The summed E-state index contributed by atoms with van der Waals surface area (Å²) in [6.45, 7) is 3.09. The van der Waals surface area contributed by atoms with E-state index in [1.807, 2.05) is 6.92 Å². The van der Waals surface area contributed by atoms with E-state index >= 15 is 0 Å². The molecular formula is C17H18FN3O4S. The van der Waals surface area contributed by atoms with E-state index in [1.165, 1.54) is 28.8 Å². The van der Waals surface area contributed by atoms with Crippen LogP contribution >= 0.6 is 11.3 Å². The topological polar surface area (TPSA) is 97.4 Å². The number of carbonyl (C=O) groups excluding carboxylic acids is 3. The van der Waals surface area contributed by atoms with E-state index in [4.69, 9.17) is 4.74 Å². The highest BCUT2D eigenvalue weighted by atomic mass is 32.1. The first-order chi connectivity index (χ1) is 12.4. The molecule has 1 atom stereocenters. The molecule has 1 aromatic carbocycles. The first kappa shape index (κ1) is 19.5. The molecule has 2 rings (SSSR count). The molecule has 26 heavy (non-hydrogen) atoms. The second-order valence-corrected chi connectivity index (χ2v) is 6.31. The summed E-state index contributed by atoms with van der Waals surface area (Å²) < 4.78 is 17.8. The van der Waals surface area contributed by atoms with Gasteiger partial charge in [-0.25, -0.2) is 19.0 Å². The number of urea groups is 1. The van der Waals surface area contributed by atoms with Crippen molar-refractivity contribution in [3.8, 4) is 10.6 Å². The maximum Gasteiger partial charge on any atom is 0.358 e. The highest BCUT2D eigenvalue weighted by molar-refractivity contribution is 7.13. The molecule has 0 unspecified atom stereocenters. The quantitative estimate of drug-likeness (QED) is 0.752. The maximum atomic E-state index is 12.9. The molecule has 1 aromatic heterocycles. The van der Waals surface area contributed by atoms with E-state index in [-0.39, 0.29) is 17.6 Å². The Morgan fingerprint density at radius 2 is 1.96 bits per heavy atom. The fourth-order valence-electron chi connectivity index (χ4n) is 1.82. The molecule has 138 valence electrons. The summed E-state index contributed by atoms with van der Waals surface area (Å²) >= 11 is 1.19. The van der Waals surface area contributed by atoms with Crippen molar-refractivity contribution < 1.29 is 23.5 Å². The number of benzene rings is 1. The molecule has 0 fully saturated rings. The van der Waals surface area contributed by atoms with Crippen molar-refractivity contribution in [1.29, 1.82) is 0 Å². The summed E-state index contributed by atoms with van der Waals surface area (Å²) in [7, 11) is 0. The fourth-order valence-corrected chi connectivity index (χ4v) is 2.62. The van der Waals surface area contributed by atoms with Crippen molar-refractivity contribution in [2.75, 3.05) is 6.61 Å². The second-order valence-electron chi connectivity index (χ2n) is 5.45. The molecule has 7 nitrogen and oxygen atoms in total. The number of rotatable bonds is 6. The van der Waals surface area contributed by atoms with Gasteiger partial charge in [0.2, 0.25) is 0 Å². The van der Waals surface area contributed by atoms with Gasteiger partial charge in [-0.1, -0.05) is 6.92 Å². The van der Waals surface area contributed by atoms with Gasteiger partial charge in [-0.3, -0.25) is 10.1 Å². The Balaban J connectivity index is 1.85. The highest BCUT2D eigenvalue weighted by Crippen LogP contribution is 2.24. The van der Waals surface area contributed by atoms with Crippen LogP contribution in [0.5, 0.6) is 0 Å². The van der Waals surface area contributed by atoms with E-state index in [9.17, 15) is 18.8 Å². The Kier molecular flexibility index (Phi) is 6.79. The van der Waals surface area contributed by atoms with Gasteiger partial charge in [-0.2, -0.15) is 0 Å². The lowest BCUT2D eigenvalue weighted by molar-refractivity contribution is -0.123. The molecule has 2 aromatic rings. The summed E-state index contributed by atoms with van der Waals surface area (Å²) in [5, 5.41) is 6.63. The van der Waals surface area contributed by atoms with Crippen LogP contribution in [0.15, 0.2) is 29.6 Å². The lowest BCUT2D eigenvalue weighted by Gasteiger charge is -2.11. The molecule has 0 saturated carbocycles. The average Bonchev–Trinajstić information content (AvgIpc) is 3.10. The van der Waals surface area contributed by atoms with Crippen molar-refractivity contribution in [3.05, 3.63) is 41.2 Å². The lowest BCUT2D eigenvalue weighted by atomic mass is 10.2. The Morgan fingerprint density at radius 3 is 2.62 bits per heavy atom. The van der Waals surface area contributed by atoms with Crippen molar-refractivity contribution in [2.24, 2.45) is 0 Å². The van der Waals surface area contributed by atoms with Gasteiger partial charge >= 0.3 is 12.0 Å². The number of hydrogen-bond acceptors (Lipinski definition) is 6. The third-order valence-corrected chi connectivity index (χ3v) is 4.27. The number of thiazole rings is 1. The number of ether oxygens (including phenoxy) is 1. The van der Waals surface area contributed by atoms with E-state index in [0.717, 1.165) is 6.42 Å². The number of esters is 1. The smallest absolute Gasteiger partial charge is 0.358 e. The Bertz CT molecular complexity index is 792. The predicted octanol–water partition coefficient (Wildman–Crippen LogP) is 2.73. The average molecular weight is 379 g/mol. The highest BCUT2D eigenvalue weighted by Gasteiger charge is 2.16. The standard InChI is InChI=1S/C17H18FN3O4S/c1-3-10(2)19-17(24)21-14(22)8-25-16(23)13-9-26-15(20-13)11-4-6-12(18)7-5-11/h4-7,9-10H,3,8H2,1-2H3,(H2,19,21,22,24)/t10-/m0/s1. The zero-order valence-corrected chi connectivity index (χ0v) is 15.1. The third kappa shape index (κ3) is 5.62. The van der Waals surface area contributed by atoms with Crippen molar-refractivity contribution in [3.63, 3.8) is 0 Å². The largest absolute Gasteiger partial charge is 0.451 e. The number of imide groups is 1. The van der Waals surface area contributed by atoms with Crippen molar-refractivity contribution in [2.45, 2.75) is 26.3 Å². The second kappa shape index (κ2) is 9.04. The van der Waals surface area contributed by atoms with E-state index in [1.54, 1.807) is 19.1 Å². The zero-order valence-electron chi connectivity index (χ0n) is 14.2. The molecule has 0 saturated heterocycles. The SMILES string of the molecule is CC[C@H](C)NC(=O)NC(=O)COC(=O)c1csc(-c2ccc(F)cc2)n1. The first-order valence-electron chi connectivity index (χ1n) is 7.88. The van der Waals surface area contributed by atoms with E-state index < -0.39 is 24.5 Å². The summed E-state index contributed by atoms with van der Waals surface area (Å²) in [5.41, 5.74) is 0.695. The van der Waals surface area contributed by atoms with Crippen LogP contribution in [-0.4, -0.2) is 35.5 Å². The Hall–Kier alpha value is -2.81. The zero-order chi connectivity index (χ0) is 19.1. The normalized spacial score (nSPS) is 11.5. The monoisotopic (exact) mass is 379 g/mol. The minimum absolute atomic E-state index is 0.0335. The van der Waals surface area contributed by atoms with Crippen LogP contribution in [0.4, 0.5) is 9.18 Å². The van der Waals surface area contributed by atoms with Gasteiger partial charge < -0.3 is 10.1 Å². The van der Waals surface area contributed by atoms with Crippen LogP contribution in [-0.2, 0) is 9.53 Å². The number of halogens is 1. The first-order valence-corrected chi connectivity index (χ1v) is 8.76. The molecule has 0 radical (unpaired) electrons. The maximum absolute atomic E-state index is 12.9. The predicted molar refractivity (Wildman–Crippen MR) is 94.2 cm³/mol. The number of amides is 3. The molecule has 0 aliphatic rings.